The Morgan fingerprint density at radius 2 is 1.74 bits per heavy atom. The molecule has 2 rings (SSSR count). The van der Waals surface area contributed by atoms with Crippen molar-refractivity contribution < 1.29 is 9.59 Å². The molecule has 1 aliphatic rings. The fourth-order valence-corrected chi connectivity index (χ4v) is 1.78. The van der Waals surface area contributed by atoms with E-state index in [-0.39, 0.29) is 11.3 Å². The van der Waals surface area contributed by atoms with Crippen molar-refractivity contribution in [1.29, 1.82) is 0 Å². The molecule has 1 atom stereocenters. The van der Waals surface area contributed by atoms with Crippen LogP contribution in [-0.4, -0.2) is 23.7 Å². The lowest BCUT2D eigenvalue weighted by Crippen LogP contribution is -2.52. The number of amides is 2. The van der Waals surface area contributed by atoms with Crippen LogP contribution in [0, 0.1) is 0 Å². The minimum Gasteiger partial charge on any atom is -0.312 e. The Kier molecular flexibility index (Phi) is 3.24. The topological polar surface area (TPSA) is 84.6 Å². The first kappa shape index (κ1) is 13.4. The van der Waals surface area contributed by atoms with Gasteiger partial charge in [-0.3, -0.25) is 9.59 Å². The number of nitrogens with two attached hydrogens (primary N) is 1. The van der Waals surface area contributed by atoms with Gasteiger partial charge in [0.05, 0.1) is 0 Å². The lowest BCUT2D eigenvalue weighted by atomic mass is 9.86. The molecule has 100 valence electrons. The van der Waals surface area contributed by atoms with Crippen molar-refractivity contribution in [2.24, 2.45) is 10.7 Å². The van der Waals surface area contributed by atoms with E-state index in [1.165, 1.54) is 5.56 Å². The Morgan fingerprint density at radius 1 is 1.16 bits per heavy atom. The number of benzene rings is 1. The summed E-state index contributed by atoms with van der Waals surface area (Å²) in [5.41, 5.74) is 7.29. The zero-order valence-corrected chi connectivity index (χ0v) is 11.2. The maximum absolute atomic E-state index is 11.5. The van der Waals surface area contributed by atoms with Gasteiger partial charge < -0.3 is 11.1 Å². The third kappa shape index (κ3) is 2.71. The van der Waals surface area contributed by atoms with Crippen LogP contribution < -0.4 is 11.1 Å². The number of carbonyl (C=O) groups excluding carboxylic acids is 2. The molecule has 5 nitrogen and oxygen atoms in total. The quantitative estimate of drug-likeness (QED) is 0.729. The first-order valence-electron chi connectivity index (χ1n) is 6.09. The second-order valence-electron chi connectivity index (χ2n) is 5.59. The molecule has 0 radical (unpaired) electrons. The van der Waals surface area contributed by atoms with E-state index in [4.69, 9.17) is 5.73 Å². The van der Waals surface area contributed by atoms with Gasteiger partial charge in [-0.1, -0.05) is 45.0 Å². The van der Waals surface area contributed by atoms with Crippen LogP contribution in [0.1, 0.15) is 31.9 Å². The highest BCUT2D eigenvalue weighted by atomic mass is 16.2. The van der Waals surface area contributed by atoms with Gasteiger partial charge in [-0.25, -0.2) is 0 Å². The molecular formula is C14H17N3O2. The van der Waals surface area contributed by atoms with Crippen LogP contribution in [0.2, 0.25) is 0 Å². The van der Waals surface area contributed by atoms with E-state index >= 15 is 0 Å². The van der Waals surface area contributed by atoms with Crippen LogP contribution in [-0.2, 0) is 15.0 Å². The number of nitrogens with zero attached hydrogens (tertiary/aromatic N) is 1. The molecule has 0 saturated carbocycles. The first-order valence-corrected chi connectivity index (χ1v) is 6.09. The molecular weight excluding hydrogens is 242 g/mol. The third-order valence-electron chi connectivity index (χ3n) is 3.04. The predicted octanol–water partition coefficient (Wildman–Crippen LogP) is 0.714. The van der Waals surface area contributed by atoms with E-state index in [1.54, 1.807) is 0 Å². The third-order valence-corrected chi connectivity index (χ3v) is 3.04. The van der Waals surface area contributed by atoms with Crippen LogP contribution in [0.4, 0.5) is 0 Å². The van der Waals surface area contributed by atoms with Crippen LogP contribution >= 0.6 is 0 Å². The lowest BCUT2D eigenvalue weighted by molar-refractivity contribution is -0.129. The van der Waals surface area contributed by atoms with Crippen LogP contribution in [0.25, 0.3) is 0 Å². The number of rotatable bonds is 1. The summed E-state index contributed by atoms with van der Waals surface area (Å²) in [6.45, 7) is 6.35. The highest BCUT2D eigenvalue weighted by Gasteiger charge is 2.28. The van der Waals surface area contributed by atoms with Gasteiger partial charge in [0, 0.05) is 5.56 Å². The second kappa shape index (κ2) is 4.59. The average Bonchev–Trinajstić information content (AvgIpc) is 2.34. The SMILES string of the molecule is CC(C)(C)c1ccc(C2=NC(=O)C(N)C(=O)N2)cc1. The molecule has 19 heavy (non-hydrogen) atoms. The molecule has 0 spiro atoms. The van der Waals surface area contributed by atoms with E-state index in [2.05, 4.69) is 31.1 Å². The molecule has 0 saturated heterocycles. The number of nitrogens with one attached hydrogen (secondary N) is 1. The maximum Gasteiger partial charge on any atom is 0.274 e. The molecule has 3 N–H and O–H groups in total. The Hall–Kier alpha value is -2.01. The van der Waals surface area contributed by atoms with Crippen LogP contribution in [0.5, 0.6) is 0 Å². The van der Waals surface area contributed by atoms with Crippen molar-refractivity contribution in [3.63, 3.8) is 0 Å². The molecule has 1 unspecified atom stereocenters. The molecule has 1 aromatic carbocycles. The summed E-state index contributed by atoms with van der Waals surface area (Å²) < 4.78 is 0. The summed E-state index contributed by atoms with van der Waals surface area (Å²) in [4.78, 5) is 26.7. The zero-order chi connectivity index (χ0) is 14.2. The fourth-order valence-electron chi connectivity index (χ4n) is 1.78. The Bertz CT molecular complexity index is 553. The number of carbonyl (C=O) groups is 2. The molecule has 0 fully saturated rings. The normalized spacial score (nSPS) is 20.0. The molecule has 2 amide bonds. The molecule has 1 heterocycles. The standard InChI is InChI=1S/C14H17N3O2/c1-14(2,3)9-6-4-8(5-7-9)11-16-12(18)10(15)13(19)17-11/h4-7,10H,15H2,1-3H3,(H,16,17,18,19). The van der Waals surface area contributed by atoms with Gasteiger partial charge in [-0.2, -0.15) is 4.99 Å². The van der Waals surface area contributed by atoms with Gasteiger partial charge in [-0.05, 0) is 11.0 Å². The van der Waals surface area contributed by atoms with Crippen molar-refractivity contribution in [2.45, 2.75) is 32.2 Å². The van der Waals surface area contributed by atoms with Gasteiger partial charge in [0.1, 0.15) is 5.84 Å². The van der Waals surface area contributed by atoms with Gasteiger partial charge >= 0.3 is 0 Å². The Labute approximate surface area is 111 Å². The van der Waals surface area contributed by atoms with Gasteiger partial charge in [0.25, 0.3) is 11.8 Å². The fraction of sp³-hybridized carbons (Fsp3) is 0.357. The molecule has 1 aliphatic heterocycles. The van der Waals surface area contributed by atoms with E-state index in [0.717, 1.165) is 0 Å². The molecule has 0 bridgehead atoms. The minimum atomic E-state index is -1.20. The highest BCUT2D eigenvalue weighted by molar-refractivity contribution is 6.22. The van der Waals surface area contributed by atoms with Crippen molar-refractivity contribution in [3.8, 4) is 0 Å². The van der Waals surface area contributed by atoms with Crippen molar-refractivity contribution in [2.75, 3.05) is 0 Å². The summed E-state index contributed by atoms with van der Waals surface area (Å²) in [5.74, 6) is -0.870. The van der Waals surface area contributed by atoms with Crippen molar-refractivity contribution in [3.05, 3.63) is 35.4 Å². The number of amidine groups is 1. The van der Waals surface area contributed by atoms with E-state index in [1.807, 2.05) is 24.3 Å². The van der Waals surface area contributed by atoms with Gasteiger partial charge in [-0.15, -0.1) is 0 Å². The molecule has 0 aromatic heterocycles. The second-order valence-corrected chi connectivity index (χ2v) is 5.59. The Morgan fingerprint density at radius 3 is 2.21 bits per heavy atom. The minimum absolute atomic E-state index is 0.0499. The van der Waals surface area contributed by atoms with Gasteiger partial charge in [0.2, 0.25) is 0 Å². The monoisotopic (exact) mass is 259 g/mol. The van der Waals surface area contributed by atoms with Gasteiger partial charge in [0.15, 0.2) is 6.04 Å². The first-order chi connectivity index (χ1) is 8.79. The number of hydrogen-bond acceptors (Lipinski definition) is 3. The lowest BCUT2D eigenvalue weighted by Gasteiger charge is -2.20. The van der Waals surface area contributed by atoms with Crippen LogP contribution in [0.3, 0.4) is 0 Å². The molecule has 1 aromatic rings. The Balaban J connectivity index is 2.31. The largest absolute Gasteiger partial charge is 0.312 e. The van der Waals surface area contributed by atoms with Crippen LogP contribution in [0.15, 0.2) is 29.3 Å². The summed E-state index contributed by atoms with van der Waals surface area (Å²) in [7, 11) is 0. The summed E-state index contributed by atoms with van der Waals surface area (Å²) in [5, 5.41) is 2.54. The smallest absolute Gasteiger partial charge is 0.274 e. The molecule has 0 aliphatic carbocycles. The zero-order valence-electron chi connectivity index (χ0n) is 11.2. The summed E-state index contributed by atoms with van der Waals surface area (Å²) in [6.07, 6.45) is 0. The maximum atomic E-state index is 11.5. The average molecular weight is 259 g/mol. The molecule has 5 heteroatoms. The van der Waals surface area contributed by atoms with E-state index in [9.17, 15) is 9.59 Å². The number of aliphatic imine (C=N–C) groups is 1. The van der Waals surface area contributed by atoms with Crippen molar-refractivity contribution >= 4 is 17.6 Å². The van der Waals surface area contributed by atoms with E-state index < -0.39 is 17.9 Å². The van der Waals surface area contributed by atoms with Crippen molar-refractivity contribution in [1.82, 2.24) is 5.32 Å². The predicted molar refractivity (Wildman–Crippen MR) is 72.8 cm³/mol. The number of hydrogen-bond donors (Lipinski definition) is 2. The summed E-state index contributed by atoms with van der Waals surface area (Å²) >= 11 is 0. The van der Waals surface area contributed by atoms with E-state index in [0.29, 0.717) is 5.56 Å². The highest BCUT2D eigenvalue weighted by Crippen LogP contribution is 2.22. The summed E-state index contributed by atoms with van der Waals surface area (Å²) in [6, 6.07) is 6.40.